The summed E-state index contributed by atoms with van der Waals surface area (Å²) in [7, 11) is 0. The zero-order chi connectivity index (χ0) is 14.0. The Kier molecular flexibility index (Phi) is 3.48. The largest absolute Gasteiger partial charge is 0.432 e. The monoisotopic (exact) mass is 288 g/mol. The van der Waals surface area contributed by atoms with Crippen LogP contribution in [0.5, 0.6) is 0 Å². The Hall–Kier alpha value is -2.02. The number of hydrogen-bond donors (Lipinski definition) is 3. The highest BCUT2D eigenvalue weighted by atomic mass is 35.5. The standard InChI is InChI=1S/C11H8ClF3N4/c12-10-6-5-18-19-7(6)1-2-8(10)17-4-3-9(16)11(13,14)15/h1-5,16-17H,(H,18,19)/b4-3+,16-9?. The SMILES string of the molecule is N=C(/C=C/Nc1ccc2[nH]ncc2c1Cl)C(F)(F)F. The summed E-state index contributed by atoms with van der Waals surface area (Å²) in [6.07, 6.45) is -1.50. The summed E-state index contributed by atoms with van der Waals surface area (Å²) in [6, 6.07) is 3.30. The van der Waals surface area contributed by atoms with E-state index in [0.717, 1.165) is 11.7 Å². The maximum Gasteiger partial charge on any atom is 0.432 e. The molecule has 0 unspecified atom stereocenters. The molecule has 0 saturated carbocycles. The quantitative estimate of drug-likeness (QED) is 0.754. The van der Waals surface area contributed by atoms with Crippen LogP contribution in [0.25, 0.3) is 10.9 Å². The number of H-pyrrole nitrogens is 1. The molecule has 1 aromatic heterocycles. The Labute approximate surface area is 110 Å². The molecule has 0 atom stereocenters. The highest BCUT2D eigenvalue weighted by Crippen LogP contribution is 2.29. The molecular formula is C11H8ClF3N4. The van der Waals surface area contributed by atoms with Gasteiger partial charge in [-0.05, 0) is 18.2 Å². The molecule has 3 N–H and O–H groups in total. The van der Waals surface area contributed by atoms with Crippen molar-refractivity contribution in [1.82, 2.24) is 10.2 Å². The zero-order valence-electron chi connectivity index (χ0n) is 9.35. The summed E-state index contributed by atoms with van der Waals surface area (Å²) in [5.41, 5.74) is -0.287. The average molecular weight is 289 g/mol. The maximum absolute atomic E-state index is 12.1. The number of allylic oxidation sites excluding steroid dienone is 1. The third kappa shape index (κ3) is 2.87. The van der Waals surface area contributed by atoms with Crippen molar-refractivity contribution in [1.29, 1.82) is 5.41 Å². The number of nitrogens with zero attached hydrogens (tertiary/aromatic N) is 1. The number of nitrogens with one attached hydrogen (secondary N) is 3. The minimum Gasteiger partial charge on any atom is -0.360 e. The van der Waals surface area contributed by atoms with E-state index in [4.69, 9.17) is 17.0 Å². The summed E-state index contributed by atoms with van der Waals surface area (Å²) >= 11 is 6.06. The van der Waals surface area contributed by atoms with Crippen molar-refractivity contribution < 1.29 is 13.2 Å². The van der Waals surface area contributed by atoms with Crippen LogP contribution in [0, 0.1) is 5.41 Å². The van der Waals surface area contributed by atoms with Crippen molar-refractivity contribution in [2.24, 2.45) is 0 Å². The number of fused-ring (bicyclic) bond motifs is 1. The van der Waals surface area contributed by atoms with Gasteiger partial charge in [-0.3, -0.25) is 10.5 Å². The van der Waals surface area contributed by atoms with Crippen molar-refractivity contribution in [3.05, 3.63) is 35.6 Å². The van der Waals surface area contributed by atoms with E-state index in [1.165, 1.54) is 6.20 Å². The highest BCUT2D eigenvalue weighted by molar-refractivity contribution is 6.38. The molecule has 4 nitrogen and oxygen atoms in total. The molecule has 0 aliphatic carbocycles. The van der Waals surface area contributed by atoms with Crippen LogP contribution in [0.1, 0.15) is 0 Å². The third-order valence-corrected chi connectivity index (χ3v) is 2.76. The molecule has 0 fully saturated rings. The molecule has 0 aliphatic rings. The number of alkyl halides is 3. The Morgan fingerprint density at radius 1 is 1.42 bits per heavy atom. The van der Waals surface area contributed by atoms with Crippen LogP contribution >= 0.6 is 11.6 Å². The zero-order valence-corrected chi connectivity index (χ0v) is 10.1. The molecule has 2 rings (SSSR count). The van der Waals surface area contributed by atoms with Gasteiger partial charge in [0.25, 0.3) is 0 Å². The summed E-state index contributed by atoms with van der Waals surface area (Å²) in [6.45, 7) is 0. The molecular weight excluding hydrogens is 281 g/mol. The molecule has 0 saturated heterocycles. The van der Waals surface area contributed by atoms with Crippen LogP contribution in [0.15, 0.2) is 30.6 Å². The van der Waals surface area contributed by atoms with E-state index >= 15 is 0 Å². The first-order valence-corrected chi connectivity index (χ1v) is 5.48. The highest BCUT2D eigenvalue weighted by Gasteiger charge is 2.32. The molecule has 19 heavy (non-hydrogen) atoms. The Balaban J connectivity index is 2.16. The Morgan fingerprint density at radius 3 is 2.84 bits per heavy atom. The van der Waals surface area contributed by atoms with Crippen LogP contribution < -0.4 is 5.32 Å². The van der Waals surface area contributed by atoms with Gasteiger partial charge >= 0.3 is 6.18 Å². The van der Waals surface area contributed by atoms with Gasteiger partial charge < -0.3 is 5.32 Å². The number of rotatable bonds is 3. The molecule has 0 radical (unpaired) electrons. The van der Waals surface area contributed by atoms with E-state index < -0.39 is 11.9 Å². The molecule has 2 aromatic rings. The Morgan fingerprint density at radius 2 is 2.16 bits per heavy atom. The first-order valence-electron chi connectivity index (χ1n) is 5.10. The smallest absolute Gasteiger partial charge is 0.360 e. The second-order valence-corrected chi connectivity index (χ2v) is 4.03. The molecule has 8 heteroatoms. The first-order chi connectivity index (χ1) is 8.89. The van der Waals surface area contributed by atoms with Crippen LogP contribution in [0.3, 0.4) is 0 Å². The van der Waals surface area contributed by atoms with Crippen molar-refractivity contribution in [2.75, 3.05) is 5.32 Å². The second-order valence-electron chi connectivity index (χ2n) is 3.65. The summed E-state index contributed by atoms with van der Waals surface area (Å²) in [5, 5.41) is 16.9. The van der Waals surface area contributed by atoms with E-state index in [1.807, 2.05) is 0 Å². The number of halogens is 4. The van der Waals surface area contributed by atoms with E-state index in [-0.39, 0.29) is 0 Å². The van der Waals surface area contributed by atoms with Crippen molar-refractivity contribution >= 4 is 33.9 Å². The van der Waals surface area contributed by atoms with E-state index in [9.17, 15) is 13.2 Å². The summed E-state index contributed by atoms with van der Waals surface area (Å²) < 4.78 is 36.2. The number of hydrogen-bond acceptors (Lipinski definition) is 3. The lowest BCUT2D eigenvalue weighted by molar-refractivity contribution is -0.0584. The molecule has 100 valence electrons. The Bertz CT molecular complexity index is 645. The van der Waals surface area contributed by atoms with E-state index in [1.54, 1.807) is 12.1 Å². The van der Waals surface area contributed by atoms with E-state index in [0.29, 0.717) is 22.2 Å². The first kappa shape index (κ1) is 13.4. The lowest BCUT2D eigenvalue weighted by Crippen LogP contribution is -2.19. The molecule has 0 aliphatic heterocycles. The lowest BCUT2D eigenvalue weighted by Gasteiger charge is -2.06. The predicted molar refractivity (Wildman–Crippen MR) is 67.6 cm³/mol. The van der Waals surface area contributed by atoms with E-state index in [2.05, 4.69) is 15.5 Å². The van der Waals surface area contributed by atoms with Crippen LogP contribution in [0.4, 0.5) is 18.9 Å². The predicted octanol–water partition coefficient (Wildman–Crippen LogP) is 3.72. The van der Waals surface area contributed by atoms with Gasteiger partial charge in [0.2, 0.25) is 0 Å². The topological polar surface area (TPSA) is 64.6 Å². The molecule has 0 amide bonds. The fourth-order valence-corrected chi connectivity index (χ4v) is 1.67. The maximum atomic E-state index is 12.1. The number of benzene rings is 1. The van der Waals surface area contributed by atoms with Gasteiger partial charge in [0.1, 0.15) is 5.71 Å². The van der Waals surface area contributed by atoms with Crippen LogP contribution in [-0.2, 0) is 0 Å². The fraction of sp³-hybridized carbons (Fsp3) is 0.0909. The van der Waals surface area contributed by atoms with Gasteiger partial charge in [-0.25, -0.2) is 0 Å². The third-order valence-electron chi connectivity index (χ3n) is 2.35. The van der Waals surface area contributed by atoms with Crippen molar-refractivity contribution in [3.63, 3.8) is 0 Å². The summed E-state index contributed by atoms with van der Waals surface area (Å²) in [4.78, 5) is 0. The lowest BCUT2D eigenvalue weighted by atomic mass is 10.2. The van der Waals surface area contributed by atoms with Gasteiger partial charge in [-0.15, -0.1) is 0 Å². The fourth-order valence-electron chi connectivity index (χ4n) is 1.40. The van der Waals surface area contributed by atoms with Crippen LogP contribution in [0.2, 0.25) is 5.02 Å². The molecule has 0 bridgehead atoms. The minimum atomic E-state index is -4.66. The van der Waals surface area contributed by atoms with Gasteiger partial charge in [0.15, 0.2) is 0 Å². The summed E-state index contributed by atoms with van der Waals surface area (Å²) in [5.74, 6) is 0. The average Bonchev–Trinajstić information content (AvgIpc) is 2.79. The normalized spacial score (nSPS) is 12.2. The van der Waals surface area contributed by atoms with Crippen molar-refractivity contribution in [2.45, 2.75) is 6.18 Å². The number of aromatic amines is 1. The molecule has 1 heterocycles. The van der Waals surface area contributed by atoms with Gasteiger partial charge in [-0.1, -0.05) is 11.6 Å². The molecule has 0 spiro atoms. The second kappa shape index (κ2) is 4.93. The number of anilines is 1. The van der Waals surface area contributed by atoms with Crippen molar-refractivity contribution in [3.8, 4) is 0 Å². The van der Waals surface area contributed by atoms with Gasteiger partial charge in [-0.2, -0.15) is 18.3 Å². The number of aromatic nitrogens is 2. The molecule has 1 aromatic carbocycles. The minimum absolute atomic E-state index is 0.342. The van der Waals surface area contributed by atoms with Crippen LogP contribution in [-0.4, -0.2) is 22.1 Å². The van der Waals surface area contributed by atoms with Gasteiger partial charge in [0.05, 0.1) is 22.4 Å². The van der Waals surface area contributed by atoms with Gasteiger partial charge in [0, 0.05) is 11.6 Å².